The fourth-order valence-corrected chi connectivity index (χ4v) is 3.84. The lowest BCUT2D eigenvalue weighted by molar-refractivity contribution is 0.491. The van der Waals surface area contributed by atoms with Crippen LogP contribution in [-0.2, 0) is 13.1 Å². The molecule has 0 aliphatic rings. The van der Waals surface area contributed by atoms with Crippen molar-refractivity contribution in [2.45, 2.75) is 40.3 Å². The maximum absolute atomic E-state index is 13.4. The number of fused-ring (bicyclic) bond motifs is 1. The Bertz CT molecular complexity index is 1350. The first-order chi connectivity index (χ1) is 14.8. The minimum absolute atomic E-state index is 0.309. The van der Waals surface area contributed by atoms with Crippen LogP contribution in [0.4, 0.5) is 0 Å². The Morgan fingerprint density at radius 2 is 1.81 bits per heavy atom. The number of nitrogens with zero attached hydrogens (tertiary/aromatic N) is 4. The Morgan fingerprint density at radius 1 is 1.06 bits per heavy atom. The van der Waals surface area contributed by atoms with Gasteiger partial charge in [-0.3, -0.25) is 9.36 Å². The molecule has 7 heteroatoms. The molecule has 4 rings (SSSR count). The highest BCUT2D eigenvalue weighted by Crippen LogP contribution is 2.17. The smallest absolute Gasteiger partial charge is 0.320 e. The zero-order chi connectivity index (χ0) is 22.1. The van der Waals surface area contributed by atoms with E-state index in [0.29, 0.717) is 40.9 Å². The number of aromatic nitrogens is 4. The third kappa shape index (κ3) is 4.21. The van der Waals surface area contributed by atoms with Gasteiger partial charge in [0, 0.05) is 18.1 Å². The van der Waals surface area contributed by atoms with Gasteiger partial charge < -0.3 is 4.57 Å². The molecule has 160 valence electrons. The van der Waals surface area contributed by atoms with E-state index >= 15 is 0 Å². The first-order valence-corrected chi connectivity index (χ1v) is 10.7. The monoisotopic (exact) mass is 436 g/mol. The average Bonchev–Trinajstić information content (AvgIpc) is 3.12. The number of hydrogen-bond acceptors (Lipinski definition) is 3. The second-order valence-corrected chi connectivity index (χ2v) is 8.70. The Balaban J connectivity index is 1.95. The molecule has 0 saturated carbocycles. The fourth-order valence-electron chi connectivity index (χ4n) is 3.71. The number of rotatable bonds is 6. The van der Waals surface area contributed by atoms with Gasteiger partial charge in [0.2, 0.25) is 0 Å². The van der Waals surface area contributed by atoms with E-state index in [9.17, 15) is 9.59 Å². The van der Waals surface area contributed by atoms with Crippen molar-refractivity contribution in [2.75, 3.05) is 0 Å². The van der Waals surface area contributed by atoms with Crippen LogP contribution in [0, 0.1) is 12.8 Å². The lowest BCUT2D eigenvalue weighted by Crippen LogP contribution is -2.40. The van der Waals surface area contributed by atoms with Crippen molar-refractivity contribution >= 4 is 22.8 Å². The minimum Gasteiger partial charge on any atom is -0.320 e. The molecule has 0 fully saturated rings. The van der Waals surface area contributed by atoms with E-state index in [4.69, 9.17) is 11.6 Å². The number of benzene rings is 2. The SMILES string of the molecule is Cc1cccc(Cn2cnc3c2c(=O)n(CCC(C)C)c(=O)n3-c2ccc(Cl)cc2)c1. The maximum atomic E-state index is 13.4. The summed E-state index contributed by atoms with van der Waals surface area (Å²) in [6.45, 7) is 7.03. The van der Waals surface area contributed by atoms with Crippen LogP contribution in [0.3, 0.4) is 0 Å². The normalized spacial score (nSPS) is 11.5. The zero-order valence-electron chi connectivity index (χ0n) is 17.9. The molecule has 0 saturated heterocycles. The minimum atomic E-state index is -0.388. The molecule has 31 heavy (non-hydrogen) atoms. The van der Waals surface area contributed by atoms with Crippen LogP contribution in [0.25, 0.3) is 16.9 Å². The van der Waals surface area contributed by atoms with Crippen molar-refractivity contribution in [3.63, 3.8) is 0 Å². The zero-order valence-corrected chi connectivity index (χ0v) is 18.6. The van der Waals surface area contributed by atoms with Crippen LogP contribution in [0.2, 0.25) is 5.02 Å². The Morgan fingerprint density at radius 3 is 2.48 bits per heavy atom. The summed E-state index contributed by atoms with van der Waals surface area (Å²) in [6.07, 6.45) is 2.36. The Labute approximate surface area is 185 Å². The number of aryl methyl sites for hydroxylation is 1. The molecule has 4 aromatic rings. The van der Waals surface area contributed by atoms with Crippen LogP contribution in [0.5, 0.6) is 0 Å². The number of halogens is 1. The fraction of sp³-hybridized carbons (Fsp3) is 0.292. The predicted molar refractivity (Wildman–Crippen MR) is 124 cm³/mol. The topological polar surface area (TPSA) is 61.8 Å². The molecule has 0 atom stereocenters. The first-order valence-electron chi connectivity index (χ1n) is 10.4. The molecule has 2 heterocycles. The van der Waals surface area contributed by atoms with Gasteiger partial charge in [-0.2, -0.15) is 0 Å². The second kappa shape index (κ2) is 8.55. The van der Waals surface area contributed by atoms with E-state index in [1.54, 1.807) is 30.6 Å². The molecule has 0 amide bonds. The van der Waals surface area contributed by atoms with E-state index < -0.39 is 0 Å². The molecule has 0 bridgehead atoms. The molecule has 0 radical (unpaired) electrons. The van der Waals surface area contributed by atoms with Crippen molar-refractivity contribution in [2.24, 2.45) is 5.92 Å². The summed E-state index contributed by atoms with van der Waals surface area (Å²) in [7, 11) is 0. The third-order valence-corrected chi connectivity index (χ3v) is 5.60. The molecule has 0 aliphatic heterocycles. The van der Waals surface area contributed by atoms with Crippen molar-refractivity contribution in [1.82, 2.24) is 18.7 Å². The van der Waals surface area contributed by atoms with Crippen LogP contribution in [0.1, 0.15) is 31.4 Å². The van der Waals surface area contributed by atoms with Gasteiger partial charge in [-0.05, 0) is 49.1 Å². The molecule has 0 spiro atoms. The number of hydrogen-bond donors (Lipinski definition) is 0. The summed E-state index contributed by atoms with van der Waals surface area (Å²) in [5.74, 6) is 0.364. The van der Waals surface area contributed by atoms with Crippen LogP contribution < -0.4 is 11.2 Å². The summed E-state index contributed by atoms with van der Waals surface area (Å²) in [5.41, 5.74) is 2.91. The molecule has 2 aromatic heterocycles. The summed E-state index contributed by atoms with van der Waals surface area (Å²) < 4.78 is 4.65. The van der Waals surface area contributed by atoms with Gasteiger partial charge in [-0.25, -0.2) is 14.3 Å². The van der Waals surface area contributed by atoms with Gasteiger partial charge in [0.15, 0.2) is 11.2 Å². The van der Waals surface area contributed by atoms with Gasteiger partial charge in [0.1, 0.15) is 0 Å². The average molecular weight is 437 g/mol. The van der Waals surface area contributed by atoms with Gasteiger partial charge >= 0.3 is 5.69 Å². The van der Waals surface area contributed by atoms with E-state index in [1.807, 2.05) is 29.7 Å². The maximum Gasteiger partial charge on any atom is 0.337 e. The largest absolute Gasteiger partial charge is 0.337 e. The summed E-state index contributed by atoms with van der Waals surface area (Å²) in [4.78, 5) is 31.2. The third-order valence-electron chi connectivity index (χ3n) is 5.35. The molecule has 0 unspecified atom stereocenters. The van der Waals surface area contributed by atoms with Crippen molar-refractivity contribution in [3.8, 4) is 5.69 Å². The summed E-state index contributed by atoms with van der Waals surface area (Å²) in [5, 5.41) is 0.575. The van der Waals surface area contributed by atoms with Crippen LogP contribution >= 0.6 is 11.6 Å². The molecule has 0 aliphatic carbocycles. The molecule has 2 aromatic carbocycles. The van der Waals surface area contributed by atoms with E-state index in [1.165, 1.54) is 9.13 Å². The standard InChI is InChI=1S/C24H25ClN4O2/c1-16(2)11-12-28-23(30)21-22(29(24(28)31)20-9-7-19(25)8-10-20)26-15-27(21)14-18-6-4-5-17(3)13-18/h4-10,13,15-16H,11-12,14H2,1-3H3. The lowest BCUT2D eigenvalue weighted by Gasteiger charge is -2.14. The van der Waals surface area contributed by atoms with Crippen molar-refractivity contribution < 1.29 is 0 Å². The molecule has 0 N–H and O–H groups in total. The van der Waals surface area contributed by atoms with Crippen molar-refractivity contribution in [1.29, 1.82) is 0 Å². The van der Waals surface area contributed by atoms with E-state index in [0.717, 1.165) is 17.5 Å². The van der Waals surface area contributed by atoms with E-state index in [-0.39, 0.29) is 11.2 Å². The van der Waals surface area contributed by atoms with Gasteiger partial charge in [-0.15, -0.1) is 0 Å². The van der Waals surface area contributed by atoms with Crippen molar-refractivity contribution in [3.05, 3.63) is 91.8 Å². The van der Waals surface area contributed by atoms with Crippen LogP contribution in [0.15, 0.2) is 64.4 Å². The summed E-state index contributed by atoms with van der Waals surface area (Å²) >= 11 is 6.04. The summed E-state index contributed by atoms with van der Waals surface area (Å²) in [6, 6.07) is 15.1. The quantitative estimate of drug-likeness (QED) is 0.450. The highest BCUT2D eigenvalue weighted by atomic mass is 35.5. The van der Waals surface area contributed by atoms with Gasteiger partial charge in [0.05, 0.1) is 12.0 Å². The second-order valence-electron chi connectivity index (χ2n) is 8.27. The highest BCUT2D eigenvalue weighted by molar-refractivity contribution is 6.30. The van der Waals surface area contributed by atoms with Crippen LogP contribution in [-0.4, -0.2) is 18.7 Å². The number of imidazole rings is 1. The van der Waals surface area contributed by atoms with Gasteiger partial charge in [0.25, 0.3) is 5.56 Å². The lowest BCUT2D eigenvalue weighted by atomic mass is 10.1. The Hall–Kier alpha value is -3.12. The Kier molecular flexibility index (Phi) is 5.83. The highest BCUT2D eigenvalue weighted by Gasteiger charge is 2.19. The molecular weight excluding hydrogens is 412 g/mol. The van der Waals surface area contributed by atoms with E-state index in [2.05, 4.69) is 24.9 Å². The molecule has 6 nitrogen and oxygen atoms in total. The molecular formula is C24H25ClN4O2. The van der Waals surface area contributed by atoms with Gasteiger partial charge in [-0.1, -0.05) is 55.3 Å². The predicted octanol–water partition coefficient (Wildman–Crippen LogP) is 4.41. The first kappa shape index (κ1) is 21.1.